The number of amides is 2. The fourth-order valence-electron chi connectivity index (χ4n) is 2.87. The number of hydrogen-bond donors (Lipinski definition) is 2. The van der Waals surface area contributed by atoms with E-state index in [1.165, 1.54) is 7.05 Å². The number of aliphatic carboxylic acids is 1. The van der Waals surface area contributed by atoms with Gasteiger partial charge in [-0.2, -0.15) is 0 Å². The second-order valence-electron chi connectivity index (χ2n) is 8.53. The topological polar surface area (TPSA) is 122 Å². The average Bonchev–Trinajstić information content (AvgIpc) is 2.64. The summed E-state index contributed by atoms with van der Waals surface area (Å²) in [5.41, 5.74) is 0.00553. The highest BCUT2D eigenvalue weighted by Crippen LogP contribution is 2.14. The van der Waals surface area contributed by atoms with E-state index in [1.807, 2.05) is 18.2 Å². The summed E-state index contributed by atoms with van der Waals surface area (Å²) in [4.78, 5) is 49.9. The molecular weight excluding hydrogens is 404 g/mol. The largest absolute Gasteiger partial charge is 0.480 e. The molecule has 2 N–H and O–H groups in total. The summed E-state index contributed by atoms with van der Waals surface area (Å²) < 4.78 is 10.4. The fraction of sp³-hybridized carbons (Fsp3) is 0.545. The first-order chi connectivity index (χ1) is 14.3. The van der Waals surface area contributed by atoms with Crippen LogP contribution in [0.15, 0.2) is 30.3 Å². The van der Waals surface area contributed by atoms with Gasteiger partial charge in [0.1, 0.15) is 24.3 Å². The zero-order valence-corrected chi connectivity index (χ0v) is 18.9. The SMILES string of the molecule is CC(C)[C@@H](C(=O)N[C@@H](CC(=O)OC(C)(C)C)C(=O)O)N(C)C(=O)OCc1ccccc1. The number of nitrogens with zero attached hydrogens (tertiary/aromatic N) is 1. The van der Waals surface area contributed by atoms with Crippen molar-refractivity contribution in [2.45, 2.75) is 65.3 Å². The number of esters is 1. The molecule has 9 heteroatoms. The molecule has 1 aromatic carbocycles. The minimum Gasteiger partial charge on any atom is -0.480 e. The number of ether oxygens (including phenoxy) is 2. The second kappa shape index (κ2) is 11.3. The molecule has 0 heterocycles. The fourth-order valence-corrected chi connectivity index (χ4v) is 2.87. The van der Waals surface area contributed by atoms with Crippen molar-refractivity contribution in [3.8, 4) is 0 Å². The van der Waals surface area contributed by atoms with Crippen LogP contribution in [0.4, 0.5) is 4.79 Å². The van der Waals surface area contributed by atoms with E-state index >= 15 is 0 Å². The first-order valence-electron chi connectivity index (χ1n) is 10.0. The number of carbonyl (C=O) groups is 4. The van der Waals surface area contributed by atoms with Crippen LogP contribution in [0.1, 0.15) is 46.6 Å². The molecule has 0 aliphatic rings. The van der Waals surface area contributed by atoms with Gasteiger partial charge in [0.05, 0.1) is 6.42 Å². The van der Waals surface area contributed by atoms with Gasteiger partial charge in [-0.3, -0.25) is 14.5 Å². The van der Waals surface area contributed by atoms with Crippen molar-refractivity contribution in [3.05, 3.63) is 35.9 Å². The van der Waals surface area contributed by atoms with Gasteiger partial charge < -0.3 is 19.9 Å². The molecule has 1 rings (SSSR count). The summed E-state index contributed by atoms with van der Waals surface area (Å²) in [5.74, 6) is -3.18. The molecule has 0 radical (unpaired) electrons. The smallest absolute Gasteiger partial charge is 0.410 e. The van der Waals surface area contributed by atoms with Crippen LogP contribution in [0.3, 0.4) is 0 Å². The van der Waals surface area contributed by atoms with Crippen molar-refractivity contribution < 1.29 is 33.8 Å². The van der Waals surface area contributed by atoms with Crippen LogP contribution in [0.25, 0.3) is 0 Å². The minimum atomic E-state index is -1.49. The summed E-state index contributed by atoms with van der Waals surface area (Å²) >= 11 is 0. The number of likely N-dealkylation sites (N-methyl/N-ethyl adjacent to an activating group) is 1. The van der Waals surface area contributed by atoms with Crippen LogP contribution < -0.4 is 5.32 Å². The van der Waals surface area contributed by atoms with Gasteiger partial charge >= 0.3 is 18.0 Å². The Hall–Kier alpha value is -3.10. The molecule has 0 bridgehead atoms. The zero-order chi connectivity index (χ0) is 23.8. The van der Waals surface area contributed by atoms with Gasteiger partial charge in [-0.25, -0.2) is 9.59 Å². The number of benzene rings is 1. The standard InChI is InChI=1S/C22H32N2O7/c1-14(2)18(24(6)21(29)30-13-15-10-8-7-9-11-15)19(26)23-16(20(27)28)12-17(25)31-22(3,4)5/h7-11,14,16,18H,12-13H2,1-6H3,(H,23,26)(H,27,28)/t16-,18-/m0/s1. The van der Waals surface area contributed by atoms with Crippen molar-refractivity contribution in [2.75, 3.05) is 7.05 Å². The van der Waals surface area contributed by atoms with E-state index in [1.54, 1.807) is 46.8 Å². The number of nitrogens with one attached hydrogen (secondary N) is 1. The van der Waals surface area contributed by atoms with Crippen LogP contribution in [0.2, 0.25) is 0 Å². The molecular formula is C22H32N2O7. The maximum atomic E-state index is 12.8. The lowest BCUT2D eigenvalue weighted by molar-refractivity contribution is -0.158. The molecule has 0 aromatic heterocycles. The Morgan fingerprint density at radius 2 is 1.68 bits per heavy atom. The molecule has 0 saturated heterocycles. The van der Waals surface area contributed by atoms with Crippen LogP contribution in [-0.4, -0.2) is 58.7 Å². The molecule has 31 heavy (non-hydrogen) atoms. The summed E-state index contributed by atoms with van der Waals surface area (Å²) in [5, 5.41) is 11.8. The highest BCUT2D eigenvalue weighted by Gasteiger charge is 2.34. The van der Waals surface area contributed by atoms with E-state index in [9.17, 15) is 24.3 Å². The molecule has 2 amide bonds. The van der Waals surface area contributed by atoms with E-state index in [2.05, 4.69) is 5.32 Å². The molecule has 0 unspecified atom stereocenters. The molecule has 172 valence electrons. The predicted molar refractivity (Wildman–Crippen MR) is 113 cm³/mol. The number of rotatable bonds is 9. The van der Waals surface area contributed by atoms with E-state index in [0.717, 1.165) is 10.5 Å². The van der Waals surface area contributed by atoms with Crippen LogP contribution in [-0.2, 0) is 30.5 Å². The maximum absolute atomic E-state index is 12.8. The first kappa shape index (κ1) is 25.9. The third-order valence-corrected chi connectivity index (χ3v) is 4.22. The number of carboxylic acids is 1. The Morgan fingerprint density at radius 1 is 1.10 bits per heavy atom. The van der Waals surface area contributed by atoms with Gasteiger partial charge in [-0.1, -0.05) is 44.2 Å². The van der Waals surface area contributed by atoms with Gasteiger partial charge in [0.2, 0.25) is 5.91 Å². The number of carboxylic acid groups (broad SMARTS) is 1. The highest BCUT2D eigenvalue weighted by atomic mass is 16.6. The second-order valence-corrected chi connectivity index (χ2v) is 8.53. The van der Waals surface area contributed by atoms with Crippen molar-refractivity contribution in [3.63, 3.8) is 0 Å². The lowest BCUT2D eigenvalue weighted by atomic mass is 10.0. The third kappa shape index (κ3) is 9.06. The highest BCUT2D eigenvalue weighted by molar-refractivity contribution is 5.91. The first-order valence-corrected chi connectivity index (χ1v) is 10.0. The van der Waals surface area contributed by atoms with Gasteiger partial charge in [0.15, 0.2) is 0 Å². The molecule has 0 saturated carbocycles. The summed E-state index contributed by atoms with van der Waals surface area (Å²) in [6.07, 6.45) is -1.26. The lowest BCUT2D eigenvalue weighted by Gasteiger charge is -2.30. The van der Waals surface area contributed by atoms with Crippen molar-refractivity contribution >= 4 is 23.9 Å². The van der Waals surface area contributed by atoms with Crippen molar-refractivity contribution in [2.24, 2.45) is 5.92 Å². The monoisotopic (exact) mass is 436 g/mol. The van der Waals surface area contributed by atoms with Gasteiger partial charge in [-0.05, 0) is 32.3 Å². The summed E-state index contributed by atoms with van der Waals surface area (Å²) in [6, 6.07) is 6.58. The van der Waals surface area contributed by atoms with Crippen LogP contribution in [0.5, 0.6) is 0 Å². The van der Waals surface area contributed by atoms with Gasteiger partial charge in [0.25, 0.3) is 0 Å². The van der Waals surface area contributed by atoms with E-state index in [0.29, 0.717) is 0 Å². The lowest BCUT2D eigenvalue weighted by Crippen LogP contribution is -2.54. The summed E-state index contributed by atoms with van der Waals surface area (Å²) in [7, 11) is 1.40. The number of carbonyl (C=O) groups excluding carboxylic acids is 3. The quantitative estimate of drug-likeness (QED) is 0.571. The Morgan fingerprint density at radius 3 is 2.16 bits per heavy atom. The molecule has 0 spiro atoms. The van der Waals surface area contributed by atoms with E-state index in [-0.39, 0.29) is 12.5 Å². The molecule has 9 nitrogen and oxygen atoms in total. The predicted octanol–water partition coefficient (Wildman–Crippen LogP) is 2.58. The molecule has 0 fully saturated rings. The summed E-state index contributed by atoms with van der Waals surface area (Å²) in [6.45, 7) is 8.44. The minimum absolute atomic E-state index is 0.0346. The Labute approximate surface area is 182 Å². The maximum Gasteiger partial charge on any atom is 0.410 e. The van der Waals surface area contributed by atoms with Crippen molar-refractivity contribution in [1.82, 2.24) is 10.2 Å². The molecule has 2 atom stereocenters. The van der Waals surface area contributed by atoms with Gasteiger partial charge in [0, 0.05) is 7.05 Å². The van der Waals surface area contributed by atoms with E-state index < -0.39 is 48.0 Å². The van der Waals surface area contributed by atoms with Gasteiger partial charge in [-0.15, -0.1) is 0 Å². The molecule has 1 aromatic rings. The van der Waals surface area contributed by atoms with Crippen LogP contribution >= 0.6 is 0 Å². The Bertz CT molecular complexity index is 772. The Balaban J connectivity index is 2.82. The normalized spacial score (nSPS) is 13.1. The molecule has 0 aliphatic heterocycles. The third-order valence-electron chi connectivity index (χ3n) is 4.22. The molecule has 0 aliphatic carbocycles. The van der Waals surface area contributed by atoms with Crippen molar-refractivity contribution in [1.29, 1.82) is 0 Å². The van der Waals surface area contributed by atoms with E-state index in [4.69, 9.17) is 9.47 Å². The van der Waals surface area contributed by atoms with Crippen LogP contribution in [0, 0.1) is 5.92 Å². The Kier molecular flexibility index (Phi) is 9.48. The zero-order valence-electron chi connectivity index (χ0n) is 18.9. The number of hydrogen-bond acceptors (Lipinski definition) is 6. The average molecular weight is 437 g/mol.